The van der Waals surface area contributed by atoms with Gasteiger partial charge in [-0.05, 0) is 17.7 Å². The number of benzene rings is 1. The largest absolute Gasteiger partial charge is 0.422 e. The van der Waals surface area contributed by atoms with Gasteiger partial charge in [0.15, 0.2) is 0 Å². The highest BCUT2D eigenvalue weighted by atomic mass is 19.4. The molecule has 20 heavy (non-hydrogen) atoms. The van der Waals surface area contributed by atoms with E-state index in [1.54, 1.807) is 0 Å². The summed E-state index contributed by atoms with van der Waals surface area (Å²) >= 11 is 0. The van der Waals surface area contributed by atoms with Crippen LogP contribution >= 0.6 is 0 Å². The van der Waals surface area contributed by atoms with Crippen molar-refractivity contribution < 1.29 is 18.1 Å². The normalized spacial score (nSPS) is 10.2. The predicted octanol–water partition coefficient (Wildman–Crippen LogP) is 3.67. The van der Waals surface area contributed by atoms with E-state index in [2.05, 4.69) is 21.9 Å². The summed E-state index contributed by atoms with van der Waals surface area (Å²) in [4.78, 5) is 12.0. The first-order valence-corrected chi connectivity index (χ1v) is 5.21. The van der Waals surface area contributed by atoms with Crippen molar-refractivity contribution in [2.24, 2.45) is 5.11 Å². The van der Waals surface area contributed by atoms with Gasteiger partial charge in [0.05, 0.1) is 4.92 Å². The predicted molar refractivity (Wildman–Crippen MR) is 63.6 cm³/mol. The van der Waals surface area contributed by atoms with Crippen LogP contribution in [0.2, 0.25) is 0 Å². The highest BCUT2D eigenvalue weighted by Crippen LogP contribution is 2.36. The van der Waals surface area contributed by atoms with Gasteiger partial charge in [-0.2, -0.15) is 13.2 Å². The van der Waals surface area contributed by atoms with E-state index in [1.165, 1.54) is 0 Å². The van der Waals surface area contributed by atoms with E-state index in [0.717, 1.165) is 12.1 Å². The van der Waals surface area contributed by atoms with Gasteiger partial charge < -0.3 is 0 Å². The van der Waals surface area contributed by atoms with Crippen LogP contribution in [0.4, 0.5) is 18.9 Å². The quantitative estimate of drug-likeness (QED) is 0.161. The number of hydrogen-bond acceptors (Lipinski definition) is 3. The van der Waals surface area contributed by atoms with Crippen LogP contribution in [0.15, 0.2) is 23.3 Å². The Morgan fingerprint density at radius 2 is 2.15 bits per heavy atom. The zero-order chi connectivity index (χ0) is 15.2. The Kier molecular flexibility index (Phi) is 4.94. The van der Waals surface area contributed by atoms with Crippen LogP contribution in [0.3, 0.4) is 0 Å². The number of nitrogens with zero attached hydrogens (tertiary/aromatic N) is 4. The Balaban J connectivity index is 3.05. The highest BCUT2D eigenvalue weighted by molar-refractivity contribution is 5.50. The van der Waals surface area contributed by atoms with Crippen molar-refractivity contribution in [3.8, 4) is 11.8 Å². The van der Waals surface area contributed by atoms with Gasteiger partial charge in [-0.1, -0.05) is 17.0 Å². The summed E-state index contributed by atoms with van der Waals surface area (Å²) in [6.45, 7) is 0.117. The Morgan fingerprint density at radius 1 is 1.45 bits per heavy atom. The lowest BCUT2D eigenvalue weighted by Crippen LogP contribution is -2.08. The maximum absolute atomic E-state index is 12.5. The summed E-state index contributed by atoms with van der Waals surface area (Å²) in [7, 11) is 0. The third kappa shape index (κ3) is 4.19. The van der Waals surface area contributed by atoms with Crippen molar-refractivity contribution in [2.75, 3.05) is 6.54 Å². The second-order valence-corrected chi connectivity index (χ2v) is 3.49. The number of hydrogen-bond donors (Lipinski definition) is 0. The van der Waals surface area contributed by atoms with Crippen molar-refractivity contribution in [3.63, 3.8) is 0 Å². The molecule has 0 aromatic heterocycles. The highest BCUT2D eigenvalue weighted by Gasteiger charge is 2.38. The van der Waals surface area contributed by atoms with Crippen LogP contribution < -0.4 is 0 Å². The maximum Gasteiger partial charge on any atom is 0.422 e. The molecule has 0 aliphatic carbocycles. The smallest absolute Gasteiger partial charge is 0.258 e. The molecule has 0 saturated carbocycles. The molecule has 9 heteroatoms. The Morgan fingerprint density at radius 3 is 2.70 bits per heavy atom. The first kappa shape index (κ1) is 15.3. The topological polar surface area (TPSA) is 91.9 Å². The van der Waals surface area contributed by atoms with E-state index in [1.807, 2.05) is 0 Å². The van der Waals surface area contributed by atoms with Crippen LogP contribution in [-0.4, -0.2) is 11.5 Å². The SMILES string of the molecule is [N-]=[N+]=NCCC#Cc1ccc(C(F)(F)F)c([N+](=O)[O-])c1. The van der Waals surface area contributed by atoms with Gasteiger partial charge in [0, 0.05) is 29.5 Å². The number of nitro benzene ring substituents is 1. The number of nitro groups is 1. The molecule has 6 nitrogen and oxygen atoms in total. The molecule has 0 bridgehead atoms. The zero-order valence-corrected chi connectivity index (χ0v) is 9.89. The van der Waals surface area contributed by atoms with Gasteiger partial charge in [0.25, 0.3) is 5.69 Å². The molecule has 0 aliphatic heterocycles. The van der Waals surface area contributed by atoms with E-state index in [0.29, 0.717) is 6.07 Å². The molecule has 104 valence electrons. The molecule has 0 aliphatic rings. The third-order valence-electron chi connectivity index (χ3n) is 2.13. The Hall–Kier alpha value is -2.72. The third-order valence-corrected chi connectivity index (χ3v) is 2.13. The van der Waals surface area contributed by atoms with Gasteiger partial charge in [0.2, 0.25) is 0 Å². The molecule has 0 unspecified atom stereocenters. The van der Waals surface area contributed by atoms with Crippen molar-refractivity contribution >= 4 is 5.69 Å². The molecule has 0 amide bonds. The van der Waals surface area contributed by atoms with E-state index in [-0.39, 0.29) is 18.5 Å². The second kappa shape index (κ2) is 6.45. The molecule has 1 rings (SSSR count). The first-order valence-electron chi connectivity index (χ1n) is 5.21. The van der Waals surface area contributed by atoms with Gasteiger partial charge in [-0.25, -0.2) is 0 Å². The average Bonchev–Trinajstić information content (AvgIpc) is 2.37. The van der Waals surface area contributed by atoms with E-state index < -0.39 is 22.4 Å². The molecule has 0 N–H and O–H groups in total. The maximum atomic E-state index is 12.5. The number of alkyl halides is 3. The van der Waals surface area contributed by atoms with E-state index >= 15 is 0 Å². The first-order chi connectivity index (χ1) is 9.36. The van der Waals surface area contributed by atoms with Gasteiger partial charge in [-0.3, -0.25) is 10.1 Å². The minimum atomic E-state index is -4.80. The molecule has 0 spiro atoms. The molecular weight excluding hydrogens is 277 g/mol. The van der Waals surface area contributed by atoms with Crippen molar-refractivity contribution in [1.82, 2.24) is 0 Å². The van der Waals surface area contributed by atoms with Crippen LogP contribution in [0, 0.1) is 22.0 Å². The molecule has 0 radical (unpaired) electrons. The fourth-order valence-electron chi connectivity index (χ4n) is 1.32. The second-order valence-electron chi connectivity index (χ2n) is 3.49. The molecule has 1 aromatic rings. The lowest BCUT2D eigenvalue weighted by molar-refractivity contribution is -0.388. The van der Waals surface area contributed by atoms with Crippen LogP contribution in [0.5, 0.6) is 0 Å². The molecular formula is C11H7F3N4O2. The molecule has 0 fully saturated rings. The summed E-state index contributed by atoms with van der Waals surface area (Å²) in [5, 5.41) is 13.9. The fourth-order valence-corrected chi connectivity index (χ4v) is 1.32. The number of rotatable bonds is 3. The van der Waals surface area contributed by atoms with Crippen LogP contribution in [0.25, 0.3) is 10.4 Å². The minimum absolute atomic E-state index is 0.0886. The van der Waals surface area contributed by atoms with Crippen molar-refractivity contribution in [3.05, 3.63) is 49.9 Å². The zero-order valence-electron chi connectivity index (χ0n) is 9.89. The standard InChI is InChI=1S/C11H7F3N4O2/c12-11(13,14)9-5-4-8(7-10(9)18(19)20)3-1-2-6-16-17-15/h4-5,7H,2,6H2. The van der Waals surface area contributed by atoms with E-state index in [4.69, 9.17) is 5.53 Å². The lowest BCUT2D eigenvalue weighted by atomic mass is 10.1. The molecule has 0 saturated heterocycles. The fraction of sp³-hybridized carbons (Fsp3) is 0.273. The summed E-state index contributed by atoms with van der Waals surface area (Å²) in [5.41, 5.74) is 5.74. The Labute approximate surface area is 111 Å². The summed E-state index contributed by atoms with van der Waals surface area (Å²) in [6.07, 6.45) is -4.59. The average molecular weight is 284 g/mol. The summed E-state index contributed by atoms with van der Waals surface area (Å²) in [5.74, 6) is 5.01. The summed E-state index contributed by atoms with van der Waals surface area (Å²) < 4.78 is 37.6. The van der Waals surface area contributed by atoms with E-state index in [9.17, 15) is 23.3 Å². The number of azide groups is 1. The molecule has 0 atom stereocenters. The van der Waals surface area contributed by atoms with Gasteiger partial charge >= 0.3 is 6.18 Å². The van der Waals surface area contributed by atoms with Gasteiger partial charge in [-0.15, -0.1) is 0 Å². The monoisotopic (exact) mass is 284 g/mol. The molecule has 0 heterocycles. The Bertz CT molecular complexity index is 625. The number of halogens is 3. The van der Waals surface area contributed by atoms with Crippen molar-refractivity contribution in [2.45, 2.75) is 12.6 Å². The molecule has 1 aromatic carbocycles. The minimum Gasteiger partial charge on any atom is -0.258 e. The van der Waals surface area contributed by atoms with Crippen molar-refractivity contribution in [1.29, 1.82) is 0 Å². The van der Waals surface area contributed by atoms with Gasteiger partial charge in [0.1, 0.15) is 5.56 Å². The van der Waals surface area contributed by atoms with Crippen LogP contribution in [0.1, 0.15) is 17.5 Å². The van der Waals surface area contributed by atoms with Crippen LogP contribution in [-0.2, 0) is 6.18 Å². The lowest BCUT2D eigenvalue weighted by Gasteiger charge is -2.07. The summed E-state index contributed by atoms with van der Waals surface area (Å²) in [6, 6.07) is 2.44.